The van der Waals surface area contributed by atoms with Crippen molar-refractivity contribution in [2.75, 3.05) is 66.1 Å². The van der Waals surface area contributed by atoms with Crippen LogP contribution in [-0.4, -0.2) is 81.4 Å². The van der Waals surface area contributed by atoms with Crippen molar-refractivity contribution in [3.63, 3.8) is 0 Å². The molecule has 0 aromatic heterocycles. The summed E-state index contributed by atoms with van der Waals surface area (Å²) >= 11 is 0. The minimum atomic E-state index is 0.0480. The van der Waals surface area contributed by atoms with Crippen LogP contribution in [0.4, 0.5) is 0 Å². The predicted molar refractivity (Wildman–Crippen MR) is 79.1 cm³/mol. The summed E-state index contributed by atoms with van der Waals surface area (Å²) in [6, 6.07) is 0. The summed E-state index contributed by atoms with van der Waals surface area (Å²) < 4.78 is 20.2. The zero-order valence-corrected chi connectivity index (χ0v) is 12.7. The van der Waals surface area contributed by atoms with Gasteiger partial charge in [-0.05, 0) is 12.8 Å². The first-order valence-corrected chi connectivity index (χ1v) is 7.11. The molecule has 0 radical (unpaired) electrons. The Morgan fingerprint density at radius 3 is 1.43 bits per heavy atom. The molecule has 0 aromatic carbocycles. The molecule has 7 heteroatoms. The maximum absolute atomic E-state index is 8.41. The third-order valence-corrected chi connectivity index (χ3v) is 2.01. The van der Waals surface area contributed by atoms with Crippen molar-refractivity contribution in [3.05, 3.63) is 12.8 Å². The van der Waals surface area contributed by atoms with Crippen LogP contribution in [-0.2, 0) is 18.9 Å². The van der Waals surface area contributed by atoms with E-state index in [0.29, 0.717) is 46.2 Å². The molecule has 0 bridgehead atoms. The van der Waals surface area contributed by atoms with Crippen LogP contribution < -0.4 is 0 Å². The van der Waals surface area contributed by atoms with Gasteiger partial charge >= 0.3 is 0 Å². The number of aliphatic hydroxyl groups is 3. The lowest BCUT2D eigenvalue weighted by atomic mass is 10.3. The SMILES string of the molecule is C=COCCOCCOCCOCCO.OCCCCO. The Kier molecular flexibility index (Phi) is 26.2. The molecule has 0 amide bonds. The van der Waals surface area contributed by atoms with Gasteiger partial charge in [0.15, 0.2) is 0 Å². The molecule has 128 valence electrons. The van der Waals surface area contributed by atoms with Crippen LogP contribution in [0.1, 0.15) is 12.8 Å². The molecule has 0 aliphatic carbocycles. The van der Waals surface area contributed by atoms with Crippen molar-refractivity contribution >= 4 is 0 Å². The van der Waals surface area contributed by atoms with Crippen molar-refractivity contribution in [2.24, 2.45) is 0 Å². The number of hydrogen-bond donors (Lipinski definition) is 3. The zero-order chi connectivity index (χ0) is 16.0. The lowest BCUT2D eigenvalue weighted by molar-refractivity contribution is 0.00139. The first-order chi connectivity index (χ1) is 10.3. The van der Waals surface area contributed by atoms with E-state index in [-0.39, 0.29) is 19.8 Å². The van der Waals surface area contributed by atoms with Crippen LogP contribution in [0.2, 0.25) is 0 Å². The number of ether oxygens (including phenoxy) is 4. The van der Waals surface area contributed by atoms with Crippen LogP contribution in [0.15, 0.2) is 12.8 Å². The van der Waals surface area contributed by atoms with Crippen LogP contribution in [0.5, 0.6) is 0 Å². The Labute approximate surface area is 127 Å². The normalized spacial score (nSPS) is 9.86. The second kappa shape index (κ2) is 24.3. The second-order valence-corrected chi connectivity index (χ2v) is 3.75. The number of unbranched alkanes of at least 4 members (excludes halogenated alkanes) is 1. The highest BCUT2D eigenvalue weighted by molar-refractivity contribution is 4.47. The van der Waals surface area contributed by atoms with Crippen molar-refractivity contribution in [1.82, 2.24) is 0 Å². The minimum Gasteiger partial charge on any atom is -0.499 e. The van der Waals surface area contributed by atoms with Gasteiger partial charge in [0.1, 0.15) is 6.61 Å². The topological polar surface area (TPSA) is 97.6 Å². The summed E-state index contributed by atoms with van der Waals surface area (Å²) in [6.45, 7) is 7.36. The van der Waals surface area contributed by atoms with Crippen molar-refractivity contribution in [3.8, 4) is 0 Å². The molecule has 0 aromatic rings. The second-order valence-electron chi connectivity index (χ2n) is 3.75. The van der Waals surface area contributed by atoms with Crippen LogP contribution >= 0.6 is 0 Å². The van der Waals surface area contributed by atoms with Crippen molar-refractivity contribution in [1.29, 1.82) is 0 Å². The van der Waals surface area contributed by atoms with E-state index in [4.69, 9.17) is 34.3 Å². The molecule has 0 fully saturated rings. The molecular formula is C14H30O7. The molecule has 0 unspecified atom stereocenters. The minimum absolute atomic E-state index is 0.0480. The van der Waals surface area contributed by atoms with Crippen LogP contribution in [0, 0.1) is 0 Å². The molecule has 0 heterocycles. The quantitative estimate of drug-likeness (QED) is 0.288. The van der Waals surface area contributed by atoms with Crippen LogP contribution in [0.25, 0.3) is 0 Å². The molecule has 7 nitrogen and oxygen atoms in total. The maximum atomic E-state index is 8.41. The smallest absolute Gasteiger partial charge is 0.111 e. The Morgan fingerprint density at radius 1 is 0.619 bits per heavy atom. The van der Waals surface area contributed by atoms with Gasteiger partial charge in [-0.1, -0.05) is 6.58 Å². The van der Waals surface area contributed by atoms with Crippen molar-refractivity contribution in [2.45, 2.75) is 12.8 Å². The standard InChI is InChI=1S/C10H20O5.C4H10O2/c1-2-12-5-6-14-9-10-15-8-7-13-4-3-11;5-3-1-2-4-6/h2,11H,1,3-10H2;5-6H,1-4H2. The van der Waals surface area contributed by atoms with E-state index >= 15 is 0 Å². The molecule has 0 aliphatic rings. The Balaban J connectivity index is 0. The summed E-state index contributed by atoms with van der Waals surface area (Å²) in [5.41, 5.74) is 0. The lowest BCUT2D eigenvalue weighted by Crippen LogP contribution is -2.12. The largest absolute Gasteiger partial charge is 0.499 e. The van der Waals surface area contributed by atoms with Gasteiger partial charge in [0.2, 0.25) is 0 Å². The zero-order valence-electron chi connectivity index (χ0n) is 12.7. The van der Waals surface area contributed by atoms with Gasteiger partial charge in [-0.15, -0.1) is 0 Å². The van der Waals surface area contributed by atoms with E-state index in [1.54, 1.807) is 0 Å². The average Bonchev–Trinajstić information content (AvgIpc) is 2.51. The summed E-state index contributed by atoms with van der Waals surface area (Å²) in [5, 5.41) is 24.6. The monoisotopic (exact) mass is 310 g/mol. The maximum Gasteiger partial charge on any atom is 0.111 e. The average molecular weight is 310 g/mol. The third kappa shape index (κ3) is 28.2. The van der Waals surface area contributed by atoms with Gasteiger partial charge in [0.05, 0.1) is 52.5 Å². The van der Waals surface area contributed by atoms with E-state index in [2.05, 4.69) is 6.58 Å². The highest BCUT2D eigenvalue weighted by Gasteiger charge is 1.90. The Hall–Kier alpha value is -0.700. The predicted octanol–water partition coefficient (Wildman–Crippen LogP) is -0.0602. The Morgan fingerprint density at radius 2 is 1.05 bits per heavy atom. The highest BCUT2D eigenvalue weighted by Crippen LogP contribution is 1.82. The number of rotatable bonds is 15. The fourth-order valence-corrected chi connectivity index (χ4v) is 1.02. The first-order valence-electron chi connectivity index (χ1n) is 7.11. The Bertz CT molecular complexity index is 175. The van der Waals surface area contributed by atoms with Crippen LogP contribution in [0.3, 0.4) is 0 Å². The van der Waals surface area contributed by atoms with E-state index in [0.717, 1.165) is 12.8 Å². The summed E-state index contributed by atoms with van der Waals surface area (Å²) in [5.74, 6) is 0. The molecule has 21 heavy (non-hydrogen) atoms. The number of aliphatic hydroxyl groups excluding tert-OH is 3. The van der Waals surface area contributed by atoms with E-state index in [1.807, 2.05) is 0 Å². The molecular weight excluding hydrogens is 280 g/mol. The summed E-state index contributed by atoms with van der Waals surface area (Å²) in [4.78, 5) is 0. The summed E-state index contributed by atoms with van der Waals surface area (Å²) in [7, 11) is 0. The van der Waals surface area contributed by atoms with Gasteiger partial charge in [-0.3, -0.25) is 0 Å². The molecule has 0 aliphatic heterocycles. The molecule has 0 rings (SSSR count). The molecule has 3 N–H and O–H groups in total. The first kappa shape index (κ1) is 22.6. The van der Waals surface area contributed by atoms with Gasteiger partial charge in [-0.2, -0.15) is 0 Å². The van der Waals surface area contributed by atoms with E-state index in [1.165, 1.54) is 6.26 Å². The molecule has 0 saturated heterocycles. The molecule has 0 atom stereocenters. The van der Waals surface area contributed by atoms with Gasteiger partial charge in [0.25, 0.3) is 0 Å². The highest BCUT2D eigenvalue weighted by atomic mass is 16.6. The van der Waals surface area contributed by atoms with E-state index in [9.17, 15) is 0 Å². The van der Waals surface area contributed by atoms with Gasteiger partial charge in [0, 0.05) is 13.2 Å². The fraction of sp³-hybridized carbons (Fsp3) is 0.857. The lowest BCUT2D eigenvalue weighted by Gasteiger charge is -2.05. The summed E-state index contributed by atoms with van der Waals surface area (Å²) in [6.07, 6.45) is 2.82. The molecule has 0 spiro atoms. The fourth-order valence-electron chi connectivity index (χ4n) is 1.02. The van der Waals surface area contributed by atoms with Crippen molar-refractivity contribution < 1.29 is 34.3 Å². The third-order valence-electron chi connectivity index (χ3n) is 2.01. The molecule has 0 saturated carbocycles. The van der Waals surface area contributed by atoms with E-state index < -0.39 is 0 Å². The van der Waals surface area contributed by atoms with Gasteiger partial charge < -0.3 is 34.3 Å². The van der Waals surface area contributed by atoms with Gasteiger partial charge in [-0.25, -0.2) is 0 Å². The number of hydrogen-bond acceptors (Lipinski definition) is 7.